The number of hydrogen-bond donors (Lipinski definition) is 2. The summed E-state index contributed by atoms with van der Waals surface area (Å²) in [6.07, 6.45) is 2.70. The molecule has 1 heterocycles. The van der Waals surface area contributed by atoms with Crippen LogP contribution in [0.25, 0.3) is 0 Å². The third kappa shape index (κ3) is 1.66. The predicted molar refractivity (Wildman–Crippen MR) is 36.3 cm³/mol. The van der Waals surface area contributed by atoms with Gasteiger partial charge in [-0.15, -0.1) is 0 Å². The fourth-order valence-electron chi connectivity index (χ4n) is 0.675. The number of H-pyrrole nitrogens is 1. The van der Waals surface area contributed by atoms with Crippen LogP contribution in [-0.2, 0) is 11.2 Å². The van der Waals surface area contributed by atoms with Crippen molar-refractivity contribution in [2.45, 2.75) is 12.5 Å². The molecule has 0 saturated heterocycles. The highest BCUT2D eigenvalue weighted by Gasteiger charge is 2.01. The van der Waals surface area contributed by atoms with Gasteiger partial charge in [-0.25, -0.2) is 4.98 Å². The lowest BCUT2D eigenvalue weighted by Gasteiger charge is -1.98. The Hall–Kier alpha value is -1.16. The fourth-order valence-corrected chi connectivity index (χ4v) is 0.675. The van der Waals surface area contributed by atoms with Crippen molar-refractivity contribution >= 4 is 6.26 Å². The lowest BCUT2D eigenvalue weighted by atomic mass is 10.2. The number of hydrogen-bond acceptors (Lipinski definition) is 3. The summed E-state index contributed by atoms with van der Waals surface area (Å²) in [5, 5.41) is 0. The van der Waals surface area contributed by atoms with Crippen molar-refractivity contribution in [3.8, 4) is 0 Å². The van der Waals surface area contributed by atoms with Crippen LogP contribution in [0.5, 0.6) is 0 Å². The highest BCUT2D eigenvalue weighted by Crippen LogP contribution is 1.93. The second-order valence-corrected chi connectivity index (χ2v) is 2.01. The number of aromatic amines is 1. The van der Waals surface area contributed by atoms with E-state index in [-0.39, 0.29) is 0 Å². The summed E-state index contributed by atoms with van der Waals surface area (Å²) < 4.78 is 6.69. The molecule has 0 saturated carbocycles. The van der Waals surface area contributed by atoms with E-state index < -0.39 is 12.3 Å². The Balaban J connectivity index is 2.50. The Bertz CT molecular complexity index is 234. The molecule has 1 atom stereocenters. The molecule has 4 heteroatoms. The Morgan fingerprint density at radius 3 is 3.40 bits per heavy atom. The van der Waals surface area contributed by atoms with E-state index in [2.05, 4.69) is 9.97 Å². The first-order chi connectivity index (χ1) is 5.20. The number of aromatic nitrogens is 2. The first-order valence-corrected chi connectivity index (χ1v) is 2.93. The van der Waals surface area contributed by atoms with Gasteiger partial charge in [-0.2, -0.15) is 0 Å². The molecule has 0 amide bonds. The number of rotatable bonds is 3. The summed E-state index contributed by atoms with van der Waals surface area (Å²) in [5.41, 5.74) is 6.10. The lowest BCUT2D eigenvalue weighted by Crippen LogP contribution is -2.24. The zero-order valence-corrected chi connectivity index (χ0v) is 5.37. The SMILES string of the molecule is [3H]C(=O)[C@@H](N)Cc1cnc[nH]1. The minimum Gasteiger partial charge on any atom is -0.348 e. The number of nitrogens with one attached hydrogen (secondary N) is 1. The van der Waals surface area contributed by atoms with Gasteiger partial charge in [0.05, 0.1) is 12.4 Å². The van der Waals surface area contributed by atoms with Crippen LogP contribution in [0, 0.1) is 0 Å². The van der Waals surface area contributed by atoms with Crippen molar-refractivity contribution in [3.05, 3.63) is 18.2 Å². The molecule has 1 aromatic heterocycles. The van der Waals surface area contributed by atoms with Crippen molar-refractivity contribution in [2.24, 2.45) is 5.73 Å². The van der Waals surface area contributed by atoms with Gasteiger partial charge in [-0.1, -0.05) is 0 Å². The van der Waals surface area contributed by atoms with Gasteiger partial charge in [-0.05, 0) is 0 Å². The second kappa shape index (κ2) is 3.12. The third-order valence-corrected chi connectivity index (χ3v) is 1.15. The number of carbonyl (C=O) groups is 1. The summed E-state index contributed by atoms with van der Waals surface area (Å²) in [5.74, 6) is 0. The molecule has 0 fully saturated rings. The van der Waals surface area contributed by atoms with Gasteiger partial charge < -0.3 is 15.5 Å². The van der Waals surface area contributed by atoms with Gasteiger partial charge >= 0.3 is 0 Å². The standard InChI is InChI=1S/C6H9N3O/c7-5(3-10)1-6-2-8-4-9-6/h2-5H,1,7H2,(H,8,9)/t5-/m0/s1/i3T. The topological polar surface area (TPSA) is 71.8 Å². The molecule has 54 valence electrons. The van der Waals surface area contributed by atoms with Crippen LogP contribution in [0.1, 0.15) is 7.06 Å². The van der Waals surface area contributed by atoms with Crippen LogP contribution < -0.4 is 5.73 Å². The molecule has 0 spiro atoms. The Kier molecular flexibility index (Phi) is 1.75. The van der Waals surface area contributed by atoms with Crippen molar-refractivity contribution < 1.29 is 6.17 Å². The van der Waals surface area contributed by atoms with E-state index in [0.717, 1.165) is 5.69 Å². The Morgan fingerprint density at radius 1 is 2.10 bits per heavy atom. The van der Waals surface area contributed by atoms with Crippen LogP contribution in [0.3, 0.4) is 0 Å². The van der Waals surface area contributed by atoms with E-state index in [9.17, 15) is 4.79 Å². The predicted octanol–water partition coefficient (Wildman–Crippen LogP) is -0.522. The van der Waals surface area contributed by atoms with Crippen LogP contribution in [0.2, 0.25) is 0 Å². The maximum atomic E-state index is 10.4. The molecular formula is C6H9N3O. The van der Waals surface area contributed by atoms with E-state index in [4.69, 9.17) is 7.10 Å². The summed E-state index contributed by atoms with van der Waals surface area (Å²) in [4.78, 5) is 16.9. The summed E-state index contributed by atoms with van der Waals surface area (Å²) in [6.45, 7) is 0. The highest BCUT2D eigenvalue weighted by molar-refractivity contribution is 5.57. The highest BCUT2D eigenvalue weighted by atomic mass is 16.1. The summed E-state index contributed by atoms with van der Waals surface area (Å²) in [6, 6.07) is -0.740. The molecule has 10 heavy (non-hydrogen) atoms. The van der Waals surface area contributed by atoms with Gasteiger partial charge in [0, 0.05) is 18.3 Å². The van der Waals surface area contributed by atoms with Crippen molar-refractivity contribution in [1.29, 1.82) is 0 Å². The van der Waals surface area contributed by atoms with Gasteiger partial charge in [0.1, 0.15) is 7.63 Å². The maximum Gasteiger partial charge on any atom is 0.137 e. The summed E-state index contributed by atoms with van der Waals surface area (Å²) >= 11 is 0. The lowest BCUT2D eigenvalue weighted by molar-refractivity contribution is -0.108. The van der Waals surface area contributed by atoms with E-state index in [1.54, 1.807) is 6.20 Å². The molecular weight excluding hydrogens is 130 g/mol. The molecule has 0 aliphatic rings. The van der Waals surface area contributed by atoms with Gasteiger partial charge in [0.2, 0.25) is 0 Å². The molecule has 1 aromatic rings. The van der Waals surface area contributed by atoms with E-state index in [1.807, 2.05) is 0 Å². The monoisotopic (exact) mass is 141 g/mol. The molecule has 4 nitrogen and oxygen atoms in total. The number of carbonyl (C=O) groups excluding carboxylic acids is 1. The van der Waals surface area contributed by atoms with Crippen molar-refractivity contribution in [1.82, 2.24) is 9.97 Å². The number of nitrogens with two attached hydrogens (primary N) is 1. The van der Waals surface area contributed by atoms with Crippen LogP contribution in [-0.4, -0.2) is 22.3 Å². The number of imidazole rings is 1. The Morgan fingerprint density at radius 2 is 2.90 bits per heavy atom. The number of aldehydes is 1. The van der Waals surface area contributed by atoms with E-state index >= 15 is 0 Å². The van der Waals surface area contributed by atoms with Gasteiger partial charge in [0.25, 0.3) is 0 Å². The van der Waals surface area contributed by atoms with Crippen molar-refractivity contribution in [2.75, 3.05) is 0 Å². The molecule has 3 N–H and O–H groups in total. The number of nitrogens with zero attached hydrogens (tertiary/aromatic N) is 1. The molecule has 0 aliphatic carbocycles. The largest absolute Gasteiger partial charge is 0.348 e. The minimum absolute atomic E-state index is 0.350. The first-order valence-electron chi connectivity index (χ1n) is 3.43. The second-order valence-electron chi connectivity index (χ2n) is 2.01. The molecule has 0 unspecified atom stereocenters. The van der Waals surface area contributed by atoms with Crippen LogP contribution in [0.4, 0.5) is 0 Å². The van der Waals surface area contributed by atoms with Crippen LogP contribution in [0.15, 0.2) is 12.5 Å². The third-order valence-electron chi connectivity index (χ3n) is 1.15. The van der Waals surface area contributed by atoms with Crippen molar-refractivity contribution in [3.63, 3.8) is 0 Å². The molecule has 0 bridgehead atoms. The normalized spacial score (nSPS) is 14.3. The maximum absolute atomic E-state index is 10.4. The molecule has 0 radical (unpaired) electrons. The minimum atomic E-state index is -0.750. The first kappa shape index (κ1) is 5.61. The Labute approximate surface area is 59.9 Å². The zero-order chi connectivity index (χ0) is 8.27. The molecule has 1 rings (SSSR count). The average molecular weight is 141 g/mol. The summed E-state index contributed by atoms with van der Waals surface area (Å²) in [7, 11) is 0. The van der Waals surface area contributed by atoms with Gasteiger partial charge in [0.15, 0.2) is 0 Å². The van der Waals surface area contributed by atoms with Gasteiger partial charge in [-0.3, -0.25) is 0 Å². The quantitative estimate of drug-likeness (QED) is 0.556. The fraction of sp³-hybridized carbons (Fsp3) is 0.333. The van der Waals surface area contributed by atoms with Crippen LogP contribution >= 0.6 is 0 Å². The van der Waals surface area contributed by atoms with E-state index in [1.165, 1.54) is 6.33 Å². The zero-order valence-electron chi connectivity index (χ0n) is 6.37. The molecule has 0 aromatic carbocycles. The smallest absolute Gasteiger partial charge is 0.137 e. The average Bonchev–Trinajstić information content (AvgIpc) is 2.39. The van der Waals surface area contributed by atoms with E-state index in [0.29, 0.717) is 6.42 Å². The molecule has 0 aliphatic heterocycles.